The average Bonchev–Trinajstić information content (AvgIpc) is 2.32. The highest BCUT2D eigenvalue weighted by Crippen LogP contribution is 2.31. The highest BCUT2D eigenvalue weighted by molar-refractivity contribution is 5.47. The molecule has 0 fully saturated rings. The highest BCUT2D eigenvalue weighted by atomic mass is 16.5. The summed E-state index contributed by atoms with van der Waals surface area (Å²) in [5.74, 6) is 1.88. The largest absolute Gasteiger partial charge is 0.508 e. The summed E-state index contributed by atoms with van der Waals surface area (Å²) in [6.45, 7) is 6.15. The van der Waals surface area contributed by atoms with E-state index >= 15 is 0 Å². The van der Waals surface area contributed by atoms with Crippen molar-refractivity contribution in [3.05, 3.63) is 53.1 Å². The number of benzene rings is 2. The minimum absolute atomic E-state index is 0.245. The number of ether oxygens (including phenoxy) is 1. The van der Waals surface area contributed by atoms with E-state index < -0.39 is 0 Å². The van der Waals surface area contributed by atoms with E-state index in [0.29, 0.717) is 0 Å². The molecule has 0 aliphatic heterocycles. The first-order valence-corrected chi connectivity index (χ1v) is 5.61. The van der Waals surface area contributed by atoms with Crippen molar-refractivity contribution in [3.63, 3.8) is 0 Å². The summed E-state index contributed by atoms with van der Waals surface area (Å²) < 4.78 is 5.86. The number of aryl methyl sites for hydroxylation is 2. The molecule has 0 radical (unpaired) electrons. The number of aromatic hydroxyl groups is 1. The second-order valence-electron chi connectivity index (χ2n) is 4.25. The Kier molecular flexibility index (Phi) is 3.05. The molecule has 2 rings (SSSR count). The summed E-state index contributed by atoms with van der Waals surface area (Å²) in [5, 5.41) is 9.22. The van der Waals surface area contributed by atoms with Crippen LogP contribution in [-0.4, -0.2) is 5.11 Å². The van der Waals surface area contributed by atoms with Gasteiger partial charge in [-0.3, -0.25) is 0 Å². The molecule has 1 N–H and O–H groups in total. The van der Waals surface area contributed by atoms with Crippen molar-refractivity contribution in [1.82, 2.24) is 0 Å². The average molecular weight is 228 g/mol. The highest BCUT2D eigenvalue weighted by Gasteiger charge is 2.07. The molecule has 17 heavy (non-hydrogen) atoms. The maximum Gasteiger partial charge on any atom is 0.133 e. The first-order valence-electron chi connectivity index (χ1n) is 5.61. The van der Waals surface area contributed by atoms with Gasteiger partial charge in [0, 0.05) is 0 Å². The fourth-order valence-electron chi connectivity index (χ4n) is 1.71. The molecule has 0 saturated heterocycles. The summed E-state index contributed by atoms with van der Waals surface area (Å²) in [4.78, 5) is 0. The fraction of sp³-hybridized carbons (Fsp3) is 0.200. The van der Waals surface area contributed by atoms with Crippen molar-refractivity contribution >= 4 is 0 Å². The van der Waals surface area contributed by atoms with Gasteiger partial charge in [0.15, 0.2) is 0 Å². The van der Waals surface area contributed by atoms with Gasteiger partial charge in [0.05, 0.1) is 0 Å². The van der Waals surface area contributed by atoms with Crippen molar-refractivity contribution in [2.75, 3.05) is 0 Å². The van der Waals surface area contributed by atoms with Gasteiger partial charge >= 0.3 is 0 Å². The van der Waals surface area contributed by atoms with E-state index in [4.69, 9.17) is 4.74 Å². The van der Waals surface area contributed by atoms with Crippen LogP contribution in [0.15, 0.2) is 36.4 Å². The first kappa shape index (κ1) is 11.5. The van der Waals surface area contributed by atoms with Crippen LogP contribution in [0.2, 0.25) is 0 Å². The van der Waals surface area contributed by atoms with Crippen LogP contribution >= 0.6 is 0 Å². The predicted molar refractivity (Wildman–Crippen MR) is 68.8 cm³/mol. The van der Waals surface area contributed by atoms with Crippen LogP contribution in [0, 0.1) is 20.8 Å². The van der Waals surface area contributed by atoms with Crippen LogP contribution in [0.3, 0.4) is 0 Å². The standard InChI is InChI=1S/C15H16O2/c1-10-4-5-11(2)15(12(10)3)17-14-8-6-13(16)7-9-14/h4-9,16H,1-3H3. The number of hydrogen-bond acceptors (Lipinski definition) is 2. The van der Waals surface area contributed by atoms with Crippen LogP contribution in [0.4, 0.5) is 0 Å². The monoisotopic (exact) mass is 228 g/mol. The quantitative estimate of drug-likeness (QED) is 0.838. The van der Waals surface area contributed by atoms with Gasteiger partial charge < -0.3 is 9.84 Å². The van der Waals surface area contributed by atoms with Crippen molar-refractivity contribution in [1.29, 1.82) is 0 Å². The topological polar surface area (TPSA) is 29.5 Å². The minimum atomic E-state index is 0.245. The van der Waals surface area contributed by atoms with Gasteiger partial charge in [0.1, 0.15) is 17.2 Å². The maximum atomic E-state index is 9.22. The summed E-state index contributed by atoms with van der Waals surface area (Å²) in [6.07, 6.45) is 0. The molecule has 0 amide bonds. The Hall–Kier alpha value is -1.96. The Morgan fingerprint density at radius 1 is 0.824 bits per heavy atom. The maximum absolute atomic E-state index is 9.22. The molecule has 0 unspecified atom stereocenters. The van der Waals surface area contributed by atoms with Gasteiger partial charge in [-0.15, -0.1) is 0 Å². The Labute approximate surface area is 101 Å². The number of phenolic OH excluding ortho intramolecular Hbond substituents is 1. The van der Waals surface area contributed by atoms with E-state index in [2.05, 4.69) is 26.0 Å². The van der Waals surface area contributed by atoms with Crippen LogP contribution in [-0.2, 0) is 0 Å². The van der Waals surface area contributed by atoms with Crippen molar-refractivity contribution in [2.24, 2.45) is 0 Å². The summed E-state index contributed by atoms with van der Waals surface area (Å²) >= 11 is 0. The lowest BCUT2D eigenvalue weighted by Crippen LogP contribution is -1.93. The van der Waals surface area contributed by atoms with Crippen molar-refractivity contribution < 1.29 is 9.84 Å². The minimum Gasteiger partial charge on any atom is -0.508 e. The third-order valence-corrected chi connectivity index (χ3v) is 2.93. The molecular weight excluding hydrogens is 212 g/mol. The Morgan fingerprint density at radius 3 is 2.06 bits per heavy atom. The van der Waals surface area contributed by atoms with E-state index in [1.165, 1.54) is 5.56 Å². The molecule has 2 nitrogen and oxygen atoms in total. The normalized spacial score (nSPS) is 10.3. The van der Waals surface area contributed by atoms with Gasteiger partial charge in [0.2, 0.25) is 0 Å². The van der Waals surface area contributed by atoms with Gasteiger partial charge in [-0.05, 0) is 61.7 Å². The van der Waals surface area contributed by atoms with Gasteiger partial charge in [-0.2, -0.15) is 0 Å². The third-order valence-electron chi connectivity index (χ3n) is 2.93. The summed E-state index contributed by atoms with van der Waals surface area (Å²) in [7, 11) is 0. The van der Waals surface area contributed by atoms with E-state index in [-0.39, 0.29) is 5.75 Å². The first-order chi connectivity index (χ1) is 8.08. The number of rotatable bonds is 2. The second-order valence-corrected chi connectivity index (χ2v) is 4.25. The van der Waals surface area contributed by atoms with Crippen LogP contribution in [0.1, 0.15) is 16.7 Å². The van der Waals surface area contributed by atoms with Crippen LogP contribution in [0.5, 0.6) is 17.2 Å². The lowest BCUT2D eigenvalue weighted by atomic mass is 10.1. The Bertz CT molecular complexity index is 527. The molecule has 0 aliphatic carbocycles. The molecule has 88 valence electrons. The molecule has 0 aliphatic rings. The summed E-state index contributed by atoms with van der Waals surface area (Å²) in [5.41, 5.74) is 3.48. The molecule has 2 aromatic rings. The number of phenols is 1. The van der Waals surface area contributed by atoms with Crippen LogP contribution < -0.4 is 4.74 Å². The van der Waals surface area contributed by atoms with Gasteiger partial charge in [-0.1, -0.05) is 12.1 Å². The third kappa shape index (κ3) is 2.41. The summed E-state index contributed by atoms with van der Waals surface area (Å²) in [6, 6.07) is 10.9. The molecule has 0 atom stereocenters. The zero-order chi connectivity index (χ0) is 12.4. The lowest BCUT2D eigenvalue weighted by Gasteiger charge is -2.13. The van der Waals surface area contributed by atoms with Crippen molar-refractivity contribution in [2.45, 2.75) is 20.8 Å². The molecule has 0 bridgehead atoms. The Balaban J connectivity index is 2.36. The zero-order valence-corrected chi connectivity index (χ0v) is 10.3. The molecular formula is C15H16O2. The second kappa shape index (κ2) is 4.50. The molecule has 0 saturated carbocycles. The SMILES string of the molecule is Cc1ccc(C)c(Oc2ccc(O)cc2)c1C. The lowest BCUT2D eigenvalue weighted by molar-refractivity contribution is 0.461. The Morgan fingerprint density at radius 2 is 1.41 bits per heavy atom. The van der Waals surface area contributed by atoms with E-state index in [0.717, 1.165) is 22.6 Å². The fourth-order valence-corrected chi connectivity index (χ4v) is 1.71. The van der Waals surface area contributed by atoms with Crippen LogP contribution in [0.25, 0.3) is 0 Å². The van der Waals surface area contributed by atoms with E-state index in [1.807, 2.05) is 6.92 Å². The van der Waals surface area contributed by atoms with E-state index in [1.54, 1.807) is 24.3 Å². The van der Waals surface area contributed by atoms with Gasteiger partial charge in [0.25, 0.3) is 0 Å². The predicted octanol–water partition coefficient (Wildman–Crippen LogP) is 4.11. The molecule has 0 aromatic heterocycles. The van der Waals surface area contributed by atoms with Crippen molar-refractivity contribution in [3.8, 4) is 17.2 Å². The molecule has 0 heterocycles. The smallest absolute Gasteiger partial charge is 0.133 e. The van der Waals surface area contributed by atoms with E-state index in [9.17, 15) is 5.11 Å². The van der Waals surface area contributed by atoms with Gasteiger partial charge in [-0.25, -0.2) is 0 Å². The molecule has 0 spiro atoms. The number of hydrogen-bond donors (Lipinski definition) is 1. The zero-order valence-electron chi connectivity index (χ0n) is 10.3. The molecule has 2 aromatic carbocycles. The molecule has 2 heteroatoms.